The fourth-order valence-electron chi connectivity index (χ4n) is 1.72. The minimum atomic E-state index is 0.512. The quantitative estimate of drug-likeness (QED) is 0.861. The van der Waals surface area contributed by atoms with Crippen LogP contribution in [0.3, 0.4) is 0 Å². The van der Waals surface area contributed by atoms with Gasteiger partial charge in [0, 0.05) is 24.5 Å². The normalized spacial score (nSPS) is 10.4. The Morgan fingerprint density at radius 1 is 1.33 bits per heavy atom. The van der Waals surface area contributed by atoms with E-state index in [0.29, 0.717) is 11.7 Å². The van der Waals surface area contributed by atoms with Gasteiger partial charge in [-0.3, -0.25) is 4.98 Å². The van der Waals surface area contributed by atoms with Crippen molar-refractivity contribution in [3.8, 4) is 0 Å². The van der Waals surface area contributed by atoms with E-state index in [4.69, 9.17) is 11.6 Å². The molecule has 0 bridgehead atoms. The Bertz CT molecular complexity index is 542. The minimum absolute atomic E-state index is 0.512. The average Bonchev–Trinajstić information content (AvgIpc) is 2.38. The molecule has 2 heterocycles. The lowest BCUT2D eigenvalue weighted by molar-refractivity contribution is 1.00. The van der Waals surface area contributed by atoms with Gasteiger partial charge in [0.25, 0.3) is 0 Å². The van der Waals surface area contributed by atoms with Gasteiger partial charge in [-0.25, -0.2) is 9.97 Å². The van der Waals surface area contributed by atoms with Gasteiger partial charge in [0.05, 0.1) is 0 Å². The summed E-state index contributed by atoms with van der Waals surface area (Å²) in [6, 6.07) is 1.99. The van der Waals surface area contributed by atoms with Gasteiger partial charge in [0.2, 0.25) is 0 Å². The smallest absolute Gasteiger partial charge is 0.137 e. The van der Waals surface area contributed by atoms with Crippen molar-refractivity contribution >= 4 is 17.4 Å². The van der Waals surface area contributed by atoms with Crippen molar-refractivity contribution in [2.45, 2.75) is 26.8 Å². The first kappa shape index (κ1) is 12.8. The van der Waals surface area contributed by atoms with E-state index in [1.807, 2.05) is 19.2 Å². The molecule has 2 aromatic heterocycles. The Morgan fingerprint density at radius 3 is 2.89 bits per heavy atom. The molecule has 1 N–H and O–H groups in total. The van der Waals surface area contributed by atoms with Crippen LogP contribution in [0, 0.1) is 6.92 Å². The van der Waals surface area contributed by atoms with Crippen molar-refractivity contribution in [3.05, 3.63) is 46.6 Å². The van der Waals surface area contributed by atoms with Crippen LogP contribution in [0.4, 0.5) is 5.82 Å². The molecule has 0 aliphatic rings. The molecule has 0 atom stereocenters. The van der Waals surface area contributed by atoms with Gasteiger partial charge in [-0.15, -0.1) is 0 Å². The highest BCUT2D eigenvalue weighted by Gasteiger charge is 2.07. The van der Waals surface area contributed by atoms with Crippen molar-refractivity contribution in [1.82, 2.24) is 15.0 Å². The number of hydrogen-bond donors (Lipinski definition) is 1. The number of halogens is 1. The number of nitrogens with one attached hydrogen (secondary N) is 1. The molecule has 4 nitrogen and oxygen atoms in total. The monoisotopic (exact) mass is 262 g/mol. The lowest BCUT2D eigenvalue weighted by atomic mass is 10.1. The standard InChI is InChI=1S/C13H15ClN4/c1-3-11-12(14)17-8-18-13(11)16-7-10-6-15-5-4-9(10)2/h4-6,8H,3,7H2,1-2H3,(H,16,17,18). The maximum absolute atomic E-state index is 6.04. The molecule has 0 aliphatic heterocycles. The van der Waals surface area contributed by atoms with Crippen molar-refractivity contribution in [2.75, 3.05) is 5.32 Å². The first-order chi connectivity index (χ1) is 8.72. The summed E-state index contributed by atoms with van der Waals surface area (Å²) in [6.07, 6.45) is 5.92. The Balaban J connectivity index is 2.16. The van der Waals surface area contributed by atoms with Gasteiger partial charge < -0.3 is 5.32 Å². The van der Waals surface area contributed by atoms with E-state index in [1.54, 1.807) is 6.20 Å². The molecule has 0 radical (unpaired) electrons. The molecule has 0 saturated carbocycles. The van der Waals surface area contributed by atoms with E-state index >= 15 is 0 Å². The Labute approximate surface area is 111 Å². The van der Waals surface area contributed by atoms with Gasteiger partial charge in [0.1, 0.15) is 17.3 Å². The third-order valence-electron chi connectivity index (χ3n) is 2.84. The van der Waals surface area contributed by atoms with Crippen LogP contribution in [0.5, 0.6) is 0 Å². The summed E-state index contributed by atoms with van der Waals surface area (Å²) in [6.45, 7) is 4.78. The van der Waals surface area contributed by atoms with E-state index in [2.05, 4.69) is 27.2 Å². The molecule has 2 rings (SSSR count). The maximum atomic E-state index is 6.04. The second-order valence-corrected chi connectivity index (χ2v) is 4.36. The number of pyridine rings is 1. The predicted molar refractivity (Wildman–Crippen MR) is 72.7 cm³/mol. The van der Waals surface area contributed by atoms with Crippen LogP contribution in [0.1, 0.15) is 23.6 Å². The maximum Gasteiger partial charge on any atom is 0.137 e. The largest absolute Gasteiger partial charge is 0.366 e. The van der Waals surface area contributed by atoms with Crippen LogP contribution in [0.15, 0.2) is 24.8 Å². The lowest BCUT2D eigenvalue weighted by Gasteiger charge is -2.11. The molecule has 0 unspecified atom stereocenters. The van der Waals surface area contributed by atoms with Crippen LogP contribution in [0.2, 0.25) is 5.15 Å². The van der Waals surface area contributed by atoms with Crippen LogP contribution in [-0.4, -0.2) is 15.0 Å². The minimum Gasteiger partial charge on any atom is -0.366 e. The number of hydrogen-bond acceptors (Lipinski definition) is 4. The van der Waals surface area contributed by atoms with Crippen molar-refractivity contribution in [1.29, 1.82) is 0 Å². The van der Waals surface area contributed by atoms with Crippen LogP contribution in [0.25, 0.3) is 0 Å². The summed E-state index contributed by atoms with van der Waals surface area (Å²) in [5.41, 5.74) is 3.30. The first-order valence-corrected chi connectivity index (χ1v) is 6.23. The second-order valence-electron chi connectivity index (χ2n) is 4.00. The third-order valence-corrected chi connectivity index (χ3v) is 3.17. The van der Waals surface area contributed by atoms with E-state index in [1.165, 1.54) is 11.9 Å². The average molecular weight is 263 g/mol. The van der Waals surface area contributed by atoms with E-state index in [-0.39, 0.29) is 0 Å². The highest BCUT2D eigenvalue weighted by atomic mass is 35.5. The first-order valence-electron chi connectivity index (χ1n) is 5.85. The summed E-state index contributed by atoms with van der Waals surface area (Å²) in [4.78, 5) is 12.3. The highest BCUT2D eigenvalue weighted by molar-refractivity contribution is 6.30. The number of aromatic nitrogens is 3. The number of nitrogens with zero attached hydrogens (tertiary/aromatic N) is 3. The summed E-state index contributed by atoms with van der Waals surface area (Å²) in [7, 11) is 0. The second kappa shape index (κ2) is 5.78. The summed E-state index contributed by atoms with van der Waals surface area (Å²) in [5, 5.41) is 3.80. The van der Waals surface area contributed by atoms with Gasteiger partial charge >= 0.3 is 0 Å². The third kappa shape index (κ3) is 2.76. The summed E-state index contributed by atoms with van der Waals surface area (Å²) in [5.74, 6) is 0.792. The molecule has 0 saturated heterocycles. The molecule has 0 fully saturated rings. The van der Waals surface area contributed by atoms with Gasteiger partial charge in [-0.2, -0.15) is 0 Å². The predicted octanol–water partition coefficient (Wildman–Crippen LogP) is 3.01. The van der Waals surface area contributed by atoms with Gasteiger partial charge in [-0.1, -0.05) is 18.5 Å². The number of aryl methyl sites for hydroxylation is 1. The van der Waals surface area contributed by atoms with E-state index in [0.717, 1.165) is 23.4 Å². The van der Waals surface area contributed by atoms with Crippen molar-refractivity contribution < 1.29 is 0 Å². The van der Waals surface area contributed by atoms with Crippen LogP contribution in [-0.2, 0) is 13.0 Å². The lowest BCUT2D eigenvalue weighted by Crippen LogP contribution is -2.06. The van der Waals surface area contributed by atoms with Crippen LogP contribution >= 0.6 is 11.6 Å². The number of anilines is 1. The molecule has 18 heavy (non-hydrogen) atoms. The topological polar surface area (TPSA) is 50.7 Å². The summed E-state index contributed by atoms with van der Waals surface area (Å²) < 4.78 is 0. The van der Waals surface area contributed by atoms with Gasteiger partial charge in [-0.05, 0) is 30.5 Å². The molecule has 0 aromatic carbocycles. The zero-order valence-corrected chi connectivity index (χ0v) is 11.2. The number of rotatable bonds is 4. The Morgan fingerprint density at radius 2 is 2.17 bits per heavy atom. The van der Waals surface area contributed by atoms with Crippen molar-refractivity contribution in [3.63, 3.8) is 0 Å². The highest BCUT2D eigenvalue weighted by Crippen LogP contribution is 2.20. The molecular weight excluding hydrogens is 248 g/mol. The van der Waals surface area contributed by atoms with E-state index < -0.39 is 0 Å². The molecule has 0 aliphatic carbocycles. The van der Waals surface area contributed by atoms with E-state index in [9.17, 15) is 0 Å². The van der Waals surface area contributed by atoms with Crippen LogP contribution < -0.4 is 5.32 Å². The molecule has 2 aromatic rings. The molecule has 5 heteroatoms. The fourth-order valence-corrected chi connectivity index (χ4v) is 1.98. The zero-order chi connectivity index (χ0) is 13.0. The fraction of sp³-hybridized carbons (Fsp3) is 0.308. The molecule has 0 amide bonds. The SMILES string of the molecule is CCc1c(Cl)ncnc1NCc1cnccc1C. The Kier molecular flexibility index (Phi) is 4.10. The Hall–Kier alpha value is -1.68. The molecule has 0 spiro atoms. The summed E-state index contributed by atoms with van der Waals surface area (Å²) >= 11 is 6.04. The van der Waals surface area contributed by atoms with Gasteiger partial charge in [0.15, 0.2) is 0 Å². The zero-order valence-electron chi connectivity index (χ0n) is 10.4. The molecule has 94 valence electrons. The van der Waals surface area contributed by atoms with Crippen molar-refractivity contribution in [2.24, 2.45) is 0 Å². The molecular formula is C13H15ClN4.